The van der Waals surface area contributed by atoms with Gasteiger partial charge < -0.3 is 9.64 Å². The topological polar surface area (TPSA) is 41.5 Å². The lowest BCUT2D eigenvalue weighted by atomic mass is 10.1. The Labute approximate surface area is 150 Å². The molecule has 0 amide bonds. The van der Waals surface area contributed by atoms with Crippen LogP contribution in [-0.2, 0) is 13.1 Å². The molecule has 3 rings (SSSR count). The monoisotopic (exact) mass is 340 g/mol. The van der Waals surface area contributed by atoms with Crippen molar-refractivity contribution in [3.05, 3.63) is 46.9 Å². The molecule has 1 saturated heterocycles. The SMILES string of the molecule is COc1c(C)cnc(CN(C)Cc2ccc(N3CCCC3)nc2)c1C. The second-order valence-corrected chi connectivity index (χ2v) is 6.94. The standard InChI is InChI=1S/C20H28N4O/c1-15-11-21-18(16(2)20(15)25-4)14-23(3)13-17-7-8-19(22-12-17)24-9-5-6-10-24/h7-8,11-12H,5-6,9-10,13-14H2,1-4H3. The molecule has 0 spiro atoms. The molecule has 134 valence electrons. The molecule has 1 aliphatic heterocycles. The molecule has 2 aromatic heterocycles. The average Bonchev–Trinajstić information content (AvgIpc) is 3.13. The van der Waals surface area contributed by atoms with Gasteiger partial charge in [0.05, 0.1) is 12.8 Å². The van der Waals surface area contributed by atoms with Crippen LogP contribution in [0.1, 0.15) is 35.2 Å². The lowest BCUT2D eigenvalue weighted by molar-refractivity contribution is 0.312. The smallest absolute Gasteiger partial charge is 0.128 e. The minimum atomic E-state index is 0.788. The normalized spacial score (nSPS) is 14.4. The minimum absolute atomic E-state index is 0.788. The number of nitrogens with zero attached hydrogens (tertiary/aromatic N) is 4. The van der Waals surface area contributed by atoms with E-state index < -0.39 is 0 Å². The molecule has 1 aliphatic rings. The van der Waals surface area contributed by atoms with E-state index in [1.54, 1.807) is 7.11 Å². The van der Waals surface area contributed by atoms with E-state index in [-0.39, 0.29) is 0 Å². The number of anilines is 1. The highest BCUT2D eigenvalue weighted by molar-refractivity contribution is 5.41. The van der Waals surface area contributed by atoms with Gasteiger partial charge in [0.1, 0.15) is 11.6 Å². The number of rotatable bonds is 6. The third kappa shape index (κ3) is 4.10. The third-order valence-electron chi connectivity index (χ3n) is 4.86. The molecule has 0 unspecified atom stereocenters. The van der Waals surface area contributed by atoms with Crippen LogP contribution < -0.4 is 9.64 Å². The van der Waals surface area contributed by atoms with E-state index in [9.17, 15) is 0 Å². The van der Waals surface area contributed by atoms with Gasteiger partial charge in [0.15, 0.2) is 0 Å². The summed E-state index contributed by atoms with van der Waals surface area (Å²) in [6, 6.07) is 4.33. The Bertz CT molecular complexity index is 708. The molecule has 0 saturated carbocycles. The zero-order valence-electron chi connectivity index (χ0n) is 15.7. The first kappa shape index (κ1) is 17.7. The zero-order chi connectivity index (χ0) is 17.8. The molecule has 0 atom stereocenters. The summed E-state index contributed by atoms with van der Waals surface area (Å²) in [5.74, 6) is 2.04. The van der Waals surface area contributed by atoms with Gasteiger partial charge in [0, 0.05) is 49.7 Å². The van der Waals surface area contributed by atoms with Crippen molar-refractivity contribution < 1.29 is 4.74 Å². The van der Waals surface area contributed by atoms with Gasteiger partial charge in [-0.3, -0.25) is 9.88 Å². The summed E-state index contributed by atoms with van der Waals surface area (Å²) in [5, 5.41) is 0. The van der Waals surface area contributed by atoms with Crippen LogP contribution in [0.5, 0.6) is 5.75 Å². The lowest BCUT2D eigenvalue weighted by Crippen LogP contribution is -2.20. The molecular weight excluding hydrogens is 312 g/mol. The highest BCUT2D eigenvalue weighted by atomic mass is 16.5. The van der Waals surface area contributed by atoms with Crippen molar-refractivity contribution in [2.45, 2.75) is 39.8 Å². The van der Waals surface area contributed by atoms with Crippen LogP contribution in [0.4, 0.5) is 5.82 Å². The maximum Gasteiger partial charge on any atom is 0.128 e. The van der Waals surface area contributed by atoms with E-state index in [0.717, 1.165) is 54.6 Å². The van der Waals surface area contributed by atoms with Crippen LogP contribution in [0.3, 0.4) is 0 Å². The summed E-state index contributed by atoms with van der Waals surface area (Å²) < 4.78 is 5.50. The summed E-state index contributed by atoms with van der Waals surface area (Å²) >= 11 is 0. The molecule has 5 heteroatoms. The Balaban J connectivity index is 1.63. The van der Waals surface area contributed by atoms with Crippen molar-refractivity contribution >= 4 is 5.82 Å². The highest BCUT2D eigenvalue weighted by Gasteiger charge is 2.14. The fraction of sp³-hybridized carbons (Fsp3) is 0.500. The number of aryl methyl sites for hydroxylation is 1. The first-order valence-electron chi connectivity index (χ1n) is 8.96. The Morgan fingerprint density at radius 1 is 1.08 bits per heavy atom. The first-order chi connectivity index (χ1) is 12.1. The Hall–Kier alpha value is -2.14. The number of aromatic nitrogens is 2. The molecule has 3 heterocycles. The number of methoxy groups -OCH3 is 1. The molecule has 0 aliphatic carbocycles. The Kier molecular flexibility index (Phi) is 5.53. The molecular formula is C20H28N4O. The van der Waals surface area contributed by atoms with Crippen LogP contribution in [-0.4, -0.2) is 42.1 Å². The van der Waals surface area contributed by atoms with Crippen LogP contribution >= 0.6 is 0 Å². The van der Waals surface area contributed by atoms with Gasteiger partial charge in [-0.25, -0.2) is 4.98 Å². The zero-order valence-corrected chi connectivity index (χ0v) is 15.7. The molecule has 0 N–H and O–H groups in total. The van der Waals surface area contributed by atoms with Crippen LogP contribution in [0, 0.1) is 13.8 Å². The van der Waals surface area contributed by atoms with Gasteiger partial charge in [-0.2, -0.15) is 0 Å². The van der Waals surface area contributed by atoms with E-state index in [1.807, 2.05) is 19.3 Å². The Morgan fingerprint density at radius 2 is 1.84 bits per heavy atom. The largest absolute Gasteiger partial charge is 0.496 e. The summed E-state index contributed by atoms with van der Waals surface area (Å²) in [6.45, 7) is 8.01. The molecule has 0 radical (unpaired) electrons. The fourth-order valence-corrected chi connectivity index (χ4v) is 3.50. The van der Waals surface area contributed by atoms with E-state index in [0.29, 0.717) is 0 Å². The molecule has 1 fully saturated rings. The number of hydrogen-bond donors (Lipinski definition) is 0. The molecule has 0 aromatic carbocycles. The minimum Gasteiger partial charge on any atom is -0.496 e. The highest BCUT2D eigenvalue weighted by Crippen LogP contribution is 2.25. The first-order valence-corrected chi connectivity index (χ1v) is 8.96. The van der Waals surface area contributed by atoms with E-state index in [1.165, 1.54) is 18.4 Å². The van der Waals surface area contributed by atoms with Crippen molar-refractivity contribution in [2.75, 3.05) is 32.1 Å². The summed E-state index contributed by atoms with van der Waals surface area (Å²) in [7, 11) is 3.83. The van der Waals surface area contributed by atoms with Gasteiger partial charge in [-0.15, -0.1) is 0 Å². The second kappa shape index (κ2) is 7.83. The van der Waals surface area contributed by atoms with Gasteiger partial charge in [-0.1, -0.05) is 6.07 Å². The van der Waals surface area contributed by atoms with Gasteiger partial charge in [-0.05, 0) is 45.4 Å². The van der Waals surface area contributed by atoms with Crippen LogP contribution in [0.25, 0.3) is 0 Å². The van der Waals surface area contributed by atoms with Crippen molar-refractivity contribution in [3.8, 4) is 5.75 Å². The maximum atomic E-state index is 5.50. The van der Waals surface area contributed by atoms with Crippen molar-refractivity contribution in [2.24, 2.45) is 0 Å². The number of pyridine rings is 2. The Morgan fingerprint density at radius 3 is 2.48 bits per heavy atom. The van der Waals surface area contributed by atoms with Crippen molar-refractivity contribution in [1.29, 1.82) is 0 Å². The molecule has 0 bridgehead atoms. The predicted molar refractivity (Wildman–Crippen MR) is 101 cm³/mol. The summed E-state index contributed by atoms with van der Waals surface area (Å²) in [6.07, 6.45) is 6.44. The van der Waals surface area contributed by atoms with Crippen molar-refractivity contribution in [3.63, 3.8) is 0 Å². The number of ether oxygens (including phenoxy) is 1. The fourth-order valence-electron chi connectivity index (χ4n) is 3.50. The second-order valence-electron chi connectivity index (χ2n) is 6.94. The van der Waals surface area contributed by atoms with E-state index in [2.05, 4.69) is 45.9 Å². The molecule has 5 nitrogen and oxygen atoms in total. The van der Waals surface area contributed by atoms with Gasteiger partial charge in [0.2, 0.25) is 0 Å². The third-order valence-corrected chi connectivity index (χ3v) is 4.86. The lowest BCUT2D eigenvalue weighted by Gasteiger charge is -2.20. The molecule has 25 heavy (non-hydrogen) atoms. The summed E-state index contributed by atoms with van der Waals surface area (Å²) in [4.78, 5) is 13.9. The van der Waals surface area contributed by atoms with E-state index >= 15 is 0 Å². The number of hydrogen-bond acceptors (Lipinski definition) is 5. The van der Waals surface area contributed by atoms with E-state index in [4.69, 9.17) is 4.74 Å². The van der Waals surface area contributed by atoms with Crippen molar-refractivity contribution in [1.82, 2.24) is 14.9 Å². The maximum absolute atomic E-state index is 5.50. The van der Waals surface area contributed by atoms with Crippen LogP contribution in [0.2, 0.25) is 0 Å². The van der Waals surface area contributed by atoms with Crippen LogP contribution in [0.15, 0.2) is 24.5 Å². The quantitative estimate of drug-likeness (QED) is 0.807. The predicted octanol–water partition coefficient (Wildman–Crippen LogP) is 3.33. The average molecular weight is 340 g/mol. The summed E-state index contributed by atoms with van der Waals surface area (Å²) in [5.41, 5.74) is 4.48. The molecule has 2 aromatic rings. The van der Waals surface area contributed by atoms with Gasteiger partial charge in [0.25, 0.3) is 0 Å². The van der Waals surface area contributed by atoms with Gasteiger partial charge >= 0.3 is 0 Å².